The van der Waals surface area contributed by atoms with Crippen LogP contribution in [0.4, 0.5) is 0 Å². The molecule has 0 radical (unpaired) electrons. The third-order valence-corrected chi connectivity index (χ3v) is 11.9. The van der Waals surface area contributed by atoms with E-state index in [1.807, 2.05) is 6.07 Å². The van der Waals surface area contributed by atoms with Crippen LogP contribution in [0.5, 0.6) is 0 Å². The lowest BCUT2D eigenvalue weighted by atomic mass is 9.94. The second-order valence-corrected chi connectivity index (χ2v) is 14.8. The molecule has 13 aromatic rings. The molecule has 4 nitrogen and oxygen atoms in total. The highest BCUT2D eigenvalue weighted by molar-refractivity contribution is 6.41. The molecule has 0 aliphatic carbocycles. The average Bonchev–Trinajstić information content (AvgIpc) is 4.01. The van der Waals surface area contributed by atoms with Crippen molar-refractivity contribution < 1.29 is 8.83 Å². The molecule has 0 amide bonds. The van der Waals surface area contributed by atoms with Crippen LogP contribution in [-0.4, -0.2) is 9.13 Å². The van der Waals surface area contributed by atoms with E-state index in [1.54, 1.807) is 0 Å². The van der Waals surface area contributed by atoms with Crippen molar-refractivity contribution in [3.8, 4) is 22.5 Å². The van der Waals surface area contributed by atoms with Gasteiger partial charge in [-0.15, -0.1) is 0 Å². The molecule has 0 atom stereocenters. The van der Waals surface area contributed by atoms with E-state index < -0.39 is 0 Å². The monoisotopic (exact) mass is 714 g/mol. The molecule has 56 heavy (non-hydrogen) atoms. The second kappa shape index (κ2) is 11.0. The van der Waals surface area contributed by atoms with E-state index in [4.69, 9.17) is 8.83 Å². The largest absolute Gasteiger partial charge is 0.456 e. The van der Waals surface area contributed by atoms with Crippen LogP contribution < -0.4 is 0 Å². The van der Waals surface area contributed by atoms with E-state index in [0.29, 0.717) is 0 Å². The summed E-state index contributed by atoms with van der Waals surface area (Å²) in [6, 6.07) is 65.1. The van der Waals surface area contributed by atoms with Gasteiger partial charge in [0.15, 0.2) is 5.58 Å². The second-order valence-electron chi connectivity index (χ2n) is 14.8. The molecule has 0 unspecified atom stereocenters. The normalized spacial score (nSPS) is 12.3. The van der Waals surface area contributed by atoms with E-state index in [-0.39, 0.29) is 0 Å². The molecule has 0 saturated carbocycles. The average molecular weight is 715 g/mol. The van der Waals surface area contributed by atoms with Gasteiger partial charge in [-0.2, -0.15) is 0 Å². The van der Waals surface area contributed by atoms with Gasteiger partial charge in [0, 0.05) is 59.9 Å². The fourth-order valence-electron chi connectivity index (χ4n) is 9.56. The summed E-state index contributed by atoms with van der Waals surface area (Å²) in [5, 5.41) is 11.6. The number of fused-ring (bicyclic) bond motifs is 17. The molecule has 260 valence electrons. The van der Waals surface area contributed by atoms with Crippen LogP contribution >= 0.6 is 0 Å². The molecule has 0 fully saturated rings. The third-order valence-electron chi connectivity index (χ3n) is 11.9. The van der Waals surface area contributed by atoms with E-state index in [2.05, 4.69) is 185 Å². The van der Waals surface area contributed by atoms with E-state index in [1.165, 1.54) is 43.5 Å². The fourth-order valence-corrected chi connectivity index (χ4v) is 9.56. The fraction of sp³-hybridized carbons (Fsp3) is 0. The molecule has 4 aromatic heterocycles. The summed E-state index contributed by atoms with van der Waals surface area (Å²) in [4.78, 5) is 0. The van der Waals surface area contributed by atoms with Gasteiger partial charge in [-0.1, -0.05) is 103 Å². The number of aromatic nitrogens is 2. The topological polar surface area (TPSA) is 36.1 Å². The Morgan fingerprint density at radius 1 is 0.304 bits per heavy atom. The first kappa shape index (κ1) is 29.8. The summed E-state index contributed by atoms with van der Waals surface area (Å²) >= 11 is 0. The van der Waals surface area contributed by atoms with Crippen molar-refractivity contribution in [1.29, 1.82) is 0 Å². The number of nitrogens with zero attached hydrogens (tertiary/aromatic N) is 2. The maximum atomic E-state index is 6.99. The highest BCUT2D eigenvalue weighted by Crippen LogP contribution is 2.49. The summed E-state index contributed by atoms with van der Waals surface area (Å²) in [6.45, 7) is 0. The molecule has 0 spiro atoms. The van der Waals surface area contributed by atoms with Crippen molar-refractivity contribution in [1.82, 2.24) is 9.13 Å². The third kappa shape index (κ3) is 3.92. The van der Waals surface area contributed by atoms with Gasteiger partial charge in [0.1, 0.15) is 16.7 Å². The molecule has 0 aliphatic heterocycles. The minimum absolute atomic E-state index is 0.870. The molecule has 9 aromatic carbocycles. The Hall–Kier alpha value is -7.56. The Morgan fingerprint density at radius 2 is 0.857 bits per heavy atom. The quantitative estimate of drug-likeness (QED) is 0.183. The number of para-hydroxylation sites is 5. The lowest BCUT2D eigenvalue weighted by Gasteiger charge is -2.10. The predicted molar refractivity (Wildman–Crippen MR) is 233 cm³/mol. The van der Waals surface area contributed by atoms with Gasteiger partial charge in [0.2, 0.25) is 0 Å². The van der Waals surface area contributed by atoms with Crippen molar-refractivity contribution in [2.75, 3.05) is 0 Å². The minimum atomic E-state index is 0.870. The van der Waals surface area contributed by atoms with Gasteiger partial charge < -0.3 is 18.0 Å². The van der Waals surface area contributed by atoms with Crippen LogP contribution in [0.2, 0.25) is 0 Å². The molecular formula is C52H30N2O2. The number of furan rings is 2. The lowest BCUT2D eigenvalue weighted by Crippen LogP contribution is -1.94. The molecule has 4 heteroatoms. The summed E-state index contributed by atoms with van der Waals surface area (Å²) in [6.07, 6.45) is 0. The van der Waals surface area contributed by atoms with Gasteiger partial charge in [0.05, 0.1) is 22.1 Å². The summed E-state index contributed by atoms with van der Waals surface area (Å²) in [5.41, 5.74) is 12.7. The summed E-state index contributed by atoms with van der Waals surface area (Å²) in [7, 11) is 0. The van der Waals surface area contributed by atoms with Crippen LogP contribution in [-0.2, 0) is 0 Å². The standard InChI is InChI=1S/C52H30N2O2/c1-3-13-33(14-4-1)53-41-20-10-7-17-35(41)39-29-31(23-26-42(39)53)32-24-27-43-40(30-32)47-38-25-28-46-48(36-18-8-11-21-44(36)55-46)49(38)50-37-19-9-12-22-45(37)56-52(50)51(47)54(43)34-15-5-2-6-16-34/h1-30H. The number of hydrogen-bond donors (Lipinski definition) is 0. The van der Waals surface area contributed by atoms with Crippen molar-refractivity contribution in [2.45, 2.75) is 0 Å². The zero-order chi connectivity index (χ0) is 36.5. The van der Waals surface area contributed by atoms with Crippen molar-refractivity contribution in [2.24, 2.45) is 0 Å². The SMILES string of the molecule is c1ccc(-n2c3ccccc3c3cc(-c4ccc5c(c4)c4c6ccc7oc8ccccc8c7c6c6c7ccccc7oc6c4n5-c4ccccc4)ccc32)cc1. The smallest absolute Gasteiger partial charge is 0.160 e. The molecular weight excluding hydrogens is 685 g/mol. The maximum absolute atomic E-state index is 6.99. The van der Waals surface area contributed by atoms with Gasteiger partial charge in [0.25, 0.3) is 0 Å². The number of benzene rings is 9. The van der Waals surface area contributed by atoms with E-state index >= 15 is 0 Å². The Morgan fingerprint density at radius 3 is 1.59 bits per heavy atom. The van der Waals surface area contributed by atoms with Gasteiger partial charge >= 0.3 is 0 Å². The van der Waals surface area contributed by atoms with Gasteiger partial charge in [-0.25, -0.2) is 0 Å². The predicted octanol–water partition coefficient (Wildman–Crippen LogP) is 14.5. The van der Waals surface area contributed by atoms with E-state index in [0.717, 1.165) is 77.2 Å². The Kier molecular flexibility index (Phi) is 5.86. The molecule has 0 aliphatic rings. The molecule has 0 bridgehead atoms. The van der Waals surface area contributed by atoms with Crippen LogP contribution in [0.15, 0.2) is 191 Å². The summed E-state index contributed by atoms with van der Waals surface area (Å²) in [5.74, 6) is 0. The Bertz CT molecular complexity index is 3750. The lowest BCUT2D eigenvalue weighted by molar-refractivity contribution is 0.669. The zero-order valence-electron chi connectivity index (χ0n) is 30.0. The zero-order valence-corrected chi connectivity index (χ0v) is 30.0. The minimum Gasteiger partial charge on any atom is -0.456 e. The molecule has 0 saturated heterocycles. The Labute approximate surface area is 319 Å². The molecule has 0 N–H and O–H groups in total. The first-order valence-corrected chi connectivity index (χ1v) is 19.1. The molecule has 13 rings (SSSR count). The maximum Gasteiger partial charge on any atom is 0.160 e. The van der Waals surface area contributed by atoms with Crippen LogP contribution in [0.1, 0.15) is 0 Å². The van der Waals surface area contributed by atoms with Gasteiger partial charge in [-0.3, -0.25) is 0 Å². The Balaban J connectivity index is 1.18. The van der Waals surface area contributed by atoms with Crippen molar-refractivity contribution in [3.63, 3.8) is 0 Å². The van der Waals surface area contributed by atoms with Crippen molar-refractivity contribution in [3.05, 3.63) is 182 Å². The van der Waals surface area contributed by atoms with Crippen LogP contribution in [0.3, 0.4) is 0 Å². The number of hydrogen-bond acceptors (Lipinski definition) is 2. The molecule has 4 heterocycles. The highest BCUT2D eigenvalue weighted by Gasteiger charge is 2.26. The first-order valence-electron chi connectivity index (χ1n) is 19.1. The van der Waals surface area contributed by atoms with Gasteiger partial charge in [-0.05, 0) is 95.4 Å². The van der Waals surface area contributed by atoms with Crippen molar-refractivity contribution >= 4 is 98.3 Å². The summed E-state index contributed by atoms with van der Waals surface area (Å²) < 4.78 is 18.3. The van der Waals surface area contributed by atoms with Crippen LogP contribution in [0.25, 0.3) is 121 Å². The number of rotatable bonds is 3. The van der Waals surface area contributed by atoms with Crippen LogP contribution in [0, 0.1) is 0 Å². The van der Waals surface area contributed by atoms with E-state index in [9.17, 15) is 0 Å². The highest BCUT2D eigenvalue weighted by atomic mass is 16.3. The first-order chi connectivity index (χ1) is 27.8.